The topological polar surface area (TPSA) is 56.7 Å². The molecule has 0 amide bonds. The van der Waals surface area contributed by atoms with Crippen LogP contribution in [0.3, 0.4) is 0 Å². The van der Waals surface area contributed by atoms with E-state index in [0.29, 0.717) is 11.6 Å². The highest BCUT2D eigenvalue weighted by molar-refractivity contribution is 6.30. The Kier molecular flexibility index (Phi) is 2.70. The second kappa shape index (κ2) is 4.00. The molecule has 0 aliphatic rings. The molecule has 0 unspecified atom stereocenters. The third-order valence-corrected chi connectivity index (χ3v) is 2.28. The van der Waals surface area contributed by atoms with Gasteiger partial charge in [0.15, 0.2) is 5.82 Å². The fourth-order valence-corrected chi connectivity index (χ4v) is 1.48. The van der Waals surface area contributed by atoms with Crippen LogP contribution in [0.4, 0.5) is 0 Å². The first-order valence-corrected chi connectivity index (χ1v) is 4.95. The molecule has 2 rings (SSSR count). The summed E-state index contributed by atoms with van der Waals surface area (Å²) < 4.78 is 1.64. The maximum atomic E-state index is 5.80. The Labute approximate surface area is 92.7 Å². The van der Waals surface area contributed by atoms with Gasteiger partial charge in [-0.2, -0.15) is 5.10 Å². The first kappa shape index (κ1) is 10.1. The van der Waals surface area contributed by atoms with E-state index in [9.17, 15) is 0 Å². The van der Waals surface area contributed by atoms with E-state index in [1.54, 1.807) is 17.1 Å². The summed E-state index contributed by atoms with van der Waals surface area (Å²) in [5.41, 5.74) is 7.50. The summed E-state index contributed by atoms with van der Waals surface area (Å²) >= 11 is 5.80. The third kappa shape index (κ3) is 2.00. The number of hydrogen-bond acceptors (Lipinski definition) is 3. The zero-order valence-corrected chi connectivity index (χ0v) is 9.07. The van der Waals surface area contributed by atoms with Crippen LogP contribution >= 0.6 is 11.6 Å². The first-order chi connectivity index (χ1) is 7.20. The van der Waals surface area contributed by atoms with Gasteiger partial charge in [0.2, 0.25) is 0 Å². The number of aryl methyl sites for hydroxylation is 1. The van der Waals surface area contributed by atoms with Gasteiger partial charge in [0.25, 0.3) is 0 Å². The molecule has 0 aliphatic carbocycles. The molecule has 0 radical (unpaired) electrons. The van der Waals surface area contributed by atoms with E-state index in [4.69, 9.17) is 17.3 Å². The average molecular weight is 223 g/mol. The second-order valence-corrected chi connectivity index (χ2v) is 3.68. The summed E-state index contributed by atoms with van der Waals surface area (Å²) in [5.74, 6) is 0.740. The van der Waals surface area contributed by atoms with Gasteiger partial charge in [0.05, 0.1) is 17.4 Å². The molecule has 2 N–H and O–H groups in total. The Balaban J connectivity index is 2.55. The number of halogens is 1. The van der Waals surface area contributed by atoms with Crippen LogP contribution in [0.25, 0.3) is 5.82 Å². The summed E-state index contributed by atoms with van der Waals surface area (Å²) in [6.07, 6.45) is 3.29. The molecule has 78 valence electrons. The molecule has 2 aromatic rings. The normalized spacial score (nSPS) is 10.6. The van der Waals surface area contributed by atoms with Crippen molar-refractivity contribution in [3.63, 3.8) is 0 Å². The number of rotatable bonds is 2. The highest BCUT2D eigenvalue weighted by atomic mass is 35.5. The Bertz CT molecular complexity index is 478. The predicted molar refractivity (Wildman–Crippen MR) is 59.0 cm³/mol. The van der Waals surface area contributed by atoms with Gasteiger partial charge in [-0.1, -0.05) is 17.7 Å². The van der Waals surface area contributed by atoms with Gasteiger partial charge in [-0.05, 0) is 13.0 Å². The Morgan fingerprint density at radius 3 is 2.87 bits per heavy atom. The molecule has 2 aromatic heterocycles. The largest absolute Gasteiger partial charge is 0.326 e. The fraction of sp³-hybridized carbons (Fsp3) is 0.200. The second-order valence-electron chi connectivity index (χ2n) is 3.24. The summed E-state index contributed by atoms with van der Waals surface area (Å²) in [6, 6.07) is 3.88. The zero-order chi connectivity index (χ0) is 10.8. The number of aromatic nitrogens is 3. The van der Waals surface area contributed by atoms with Gasteiger partial charge in [0, 0.05) is 17.8 Å². The number of nitrogens with zero attached hydrogens (tertiary/aromatic N) is 3. The highest BCUT2D eigenvalue weighted by Crippen LogP contribution is 2.14. The fourth-order valence-electron chi connectivity index (χ4n) is 1.35. The van der Waals surface area contributed by atoms with Gasteiger partial charge >= 0.3 is 0 Å². The van der Waals surface area contributed by atoms with E-state index in [1.165, 1.54) is 0 Å². The molecule has 15 heavy (non-hydrogen) atoms. The molecule has 0 bridgehead atoms. The van der Waals surface area contributed by atoms with Crippen LogP contribution in [-0.4, -0.2) is 14.8 Å². The van der Waals surface area contributed by atoms with Crippen molar-refractivity contribution in [2.24, 2.45) is 5.73 Å². The van der Waals surface area contributed by atoms with Crippen molar-refractivity contribution in [1.29, 1.82) is 0 Å². The Hall–Kier alpha value is -1.39. The lowest BCUT2D eigenvalue weighted by Gasteiger charge is -2.07. The summed E-state index contributed by atoms with van der Waals surface area (Å²) in [7, 11) is 0. The van der Waals surface area contributed by atoms with Gasteiger partial charge in [-0.3, -0.25) is 0 Å². The molecule has 0 fully saturated rings. The molecule has 0 saturated heterocycles. The third-order valence-electron chi connectivity index (χ3n) is 2.08. The van der Waals surface area contributed by atoms with Crippen molar-refractivity contribution < 1.29 is 0 Å². The molecule has 0 saturated carbocycles. The standard InChI is InChI=1S/C10H11ClN4/c1-7-2-3-8(4-12)10(14-7)15-6-9(11)5-13-15/h2-3,5-6H,4,12H2,1H3. The van der Waals surface area contributed by atoms with E-state index < -0.39 is 0 Å². The van der Waals surface area contributed by atoms with E-state index in [1.807, 2.05) is 19.1 Å². The molecule has 0 aromatic carbocycles. The lowest BCUT2D eigenvalue weighted by atomic mass is 10.2. The smallest absolute Gasteiger partial charge is 0.158 e. The molecular formula is C10H11ClN4. The summed E-state index contributed by atoms with van der Waals surface area (Å²) in [4.78, 5) is 4.39. The van der Waals surface area contributed by atoms with Crippen LogP contribution in [0.15, 0.2) is 24.5 Å². The van der Waals surface area contributed by atoms with E-state index in [2.05, 4.69) is 10.1 Å². The molecule has 4 nitrogen and oxygen atoms in total. The summed E-state index contributed by atoms with van der Waals surface area (Å²) in [6.45, 7) is 2.36. The zero-order valence-electron chi connectivity index (χ0n) is 8.31. The average Bonchev–Trinajstić information content (AvgIpc) is 2.65. The minimum atomic E-state index is 0.431. The van der Waals surface area contributed by atoms with E-state index >= 15 is 0 Å². The van der Waals surface area contributed by atoms with Crippen molar-refractivity contribution >= 4 is 11.6 Å². The van der Waals surface area contributed by atoms with Crippen LogP contribution in [-0.2, 0) is 6.54 Å². The minimum absolute atomic E-state index is 0.431. The molecule has 0 aliphatic heterocycles. The van der Waals surface area contributed by atoms with Crippen LogP contribution in [0.1, 0.15) is 11.3 Å². The highest BCUT2D eigenvalue weighted by Gasteiger charge is 2.06. The van der Waals surface area contributed by atoms with Crippen molar-refractivity contribution in [3.8, 4) is 5.82 Å². The van der Waals surface area contributed by atoms with Crippen LogP contribution in [0.2, 0.25) is 5.02 Å². The molecular weight excluding hydrogens is 212 g/mol. The number of hydrogen-bond donors (Lipinski definition) is 1. The lowest BCUT2D eigenvalue weighted by Crippen LogP contribution is -2.07. The molecule has 0 spiro atoms. The van der Waals surface area contributed by atoms with Gasteiger partial charge in [-0.25, -0.2) is 9.67 Å². The maximum absolute atomic E-state index is 5.80. The minimum Gasteiger partial charge on any atom is -0.326 e. The SMILES string of the molecule is Cc1ccc(CN)c(-n2cc(Cl)cn2)n1. The number of nitrogens with two attached hydrogens (primary N) is 1. The van der Waals surface area contributed by atoms with Gasteiger partial charge in [-0.15, -0.1) is 0 Å². The molecule has 2 heterocycles. The quantitative estimate of drug-likeness (QED) is 0.841. The van der Waals surface area contributed by atoms with Crippen LogP contribution < -0.4 is 5.73 Å². The van der Waals surface area contributed by atoms with Gasteiger partial charge in [0.1, 0.15) is 0 Å². The van der Waals surface area contributed by atoms with Crippen molar-refractivity contribution in [1.82, 2.24) is 14.8 Å². The predicted octanol–water partition coefficient (Wildman–Crippen LogP) is 1.69. The van der Waals surface area contributed by atoms with E-state index in [0.717, 1.165) is 17.1 Å². The van der Waals surface area contributed by atoms with Crippen LogP contribution in [0, 0.1) is 6.92 Å². The lowest BCUT2D eigenvalue weighted by molar-refractivity contribution is 0.817. The van der Waals surface area contributed by atoms with E-state index in [-0.39, 0.29) is 0 Å². The van der Waals surface area contributed by atoms with Gasteiger partial charge < -0.3 is 5.73 Å². The van der Waals surface area contributed by atoms with Crippen molar-refractivity contribution in [2.75, 3.05) is 0 Å². The molecule has 5 heteroatoms. The Morgan fingerprint density at radius 1 is 1.47 bits per heavy atom. The number of pyridine rings is 1. The maximum Gasteiger partial charge on any atom is 0.158 e. The van der Waals surface area contributed by atoms with Crippen molar-refractivity contribution in [3.05, 3.63) is 40.8 Å². The monoisotopic (exact) mass is 222 g/mol. The first-order valence-electron chi connectivity index (χ1n) is 4.58. The van der Waals surface area contributed by atoms with Crippen LogP contribution in [0.5, 0.6) is 0 Å². The summed E-state index contributed by atoms with van der Waals surface area (Å²) in [5, 5.41) is 4.69. The van der Waals surface area contributed by atoms with Crippen molar-refractivity contribution in [2.45, 2.75) is 13.5 Å². The molecule has 0 atom stereocenters. The Morgan fingerprint density at radius 2 is 2.27 bits per heavy atom.